The number of benzene rings is 2. The van der Waals surface area contributed by atoms with E-state index in [1.807, 2.05) is 30.0 Å². The van der Waals surface area contributed by atoms with E-state index in [1.54, 1.807) is 0 Å². The van der Waals surface area contributed by atoms with E-state index in [-0.39, 0.29) is 0 Å². The number of nitrogens with one attached hydrogen (secondary N) is 1. The molecule has 0 fully saturated rings. The molecule has 0 amide bonds. The van der Waals surface area contributed by atoms with E-state index in [4.69, 9.17) is 11.6 Å². The van der Waals surface area contributed by atoms with Gasteiger partial charge in [-0.25, -0.2) is 0 Å². The molecule has 2 aromatic carbocycles. The van der Waals surface area contributed by atoms with Crippen LogP contribution in [-0.2, 0) is 12.3 Å². The van der Waals surface area contributed by atoms with Crippen LogP contribution >= 0.6 is 23.4 Å². The first-order chi connectivity index (χ1) is 9.31. The van der Waals surface area contributed by atoms with Crippen molar-refractivity contribution in [3.8, 4) is 0 Å². The molecule has 0 heterocycles. The summed E-state index contributed by atoms with van der Waals surface area (Å²) in [5.74, 6) is 0.906. The summed E-state index contributed by atoms with van der Waals surface area (Å²) >= 11 is 8.03. The Kier molecular flexibility index (Phi) is 5.77. The Labute approximate surface area is 124 Å². The Morgan fingerprint density at radius 3 is 2.42 bits per heavy atom. The van der Waals surface area contributed by atoms with Crippen molar-refractivity contribution in [1.29, 1.82) is 0 Å². The molecule has 1 nitrogen and oxygen atoms in total. The van der Waals surface area contributed by atoms with E-state index < -0.39 is 0 Å². The number of hydrogen-bond donors (Lipinski definition) is 1. The van der Waals surface area contributed by atoms with Crippen LogP contribution in [0.4, 0.5) is 0 Å². The topological polar surface area (TPSA) is 12.0 Å². The van der Waals surface area contributed by atoms with Crippen molar-refractivity contribution in [2.24, 2.45) is 0 Å². The fourth-order valence-electron chi connectivity index (χ4n) is 1.82. The molecule has 0 radical (unpaired) electrons. The summed E-state index contributed by atoms with van der Waals surface area (Å²) in [6, 6.07) is 16.6. The van der Waals surface area contributed by atoms with Gasteiger partial charge in [0.05, 0.1) is 0 Å². The summed E-state index contributed by atoms with van der Waals surface area (Å²) < 4.78 is 0. The third-order valence-corrected chi connectivity index (χ3v) is 4.41. The average Bonchev–Trinajstić information content (AvgIpc) is 2.45. The zero-order chi connectivity index (χ0) is 13.5. The van der Waals surface area contributed by atoms with Crippen LogP contribution in [0, 0.1) is 0 Å². The lowest BCUT2D eigenvalue weighted by Gasteiger charge is -2.10. The fourth-order valence-corrected chi connectivity index (χ4v) is 3.17. The van der Waals surface area contributed by atoms with Crippen molar-refractivity contribution in [2.75, 3.05) is 6.54 Å². The molecule has 0 unspecified atom stereocenters. The zero-order valence-corrected chi connectivity index (χ0v) is 12.6. The first kappa shape index (κ1) is 14.4. The predicted molar refractivity (Wildman–Crippen MR) is 84.8 cm³/mol. The molecule has 2 rings (SSSR count). The lowest BCUT2D eigenvalue weighted by atomic mass is 10.2. The highest BCUT2D eigenvalue weighted by molar-refractivity contribution is 7.98. The molecule has 0 atom stereocenters. The average molecular weight is 292 g/mol. The summed E-state index contributed by atoms with van der Waals surface area (Å²) in [4.78, 5) is 1.32. The second-order valence-corrected chi connectivity index (χ2v) is 5.69. The van der Waals surface area contributed by atoms with E-state index in [0.717, 1.165) is 23.9 Å². The lowest BCUT2D eigenvalue weighted by Crippen LogP contribution is -2.12. The molecule has 0 aliphatic rings. The minimum Gasteiger partial charge on any atom is -0.313 e. The second kappa shape index (κ2) is 7.59. The third-order valence-electron chi connectivity index (χ3n) is 2.88. The molecule has 0 aromatic heterocycles. The highest BCUT2D eigenvalue weighted by Crippen LogP contribution is 2.28. The minimum atomic E-state index is 0.846. The van der Waals surface area contributed by atoms with E-state index in [1.165, 1.54) is 16.0 Å². The maximum absolute atomic E-state index is 6.19. The van der Waals surface area contributed by atoms with Crippen LogP contribution in [0.15, 0.2) is 53.4 Å². The predicted octanol–water partition coefficient (Wildman–Crippen LogP) is 4.74. The van der Waals surface area contributed by atoms with Crippen LogP contribution in [0.2, 0.25) is 5.02 Å². The molecule has 1 N–H and O–H groups in total. The zero-order valence-electron chi connectivity index (χ0n) is 11.0. The van der Waals surface area contributed by atoms with E-state index in [0.29, 0.717) is 0 Å². The van der Waals surface area contributed by atoms with Gasteiger partial charge in [-0.15, -0.1) is 11.8 Å². The molecule has 19 heavy (non-hydrogen) atoms. The van der Waals surface area contributed by atoms with E-state index in [9.17, 15) is 0 Å². The number of thioether (sulfide) groups is 1. The highest BCUT2D eigenvalue weighted by atomic mass is 35.5. The molecule has 0 bridgehead atoms. The first-order valence-electron chi connectivity index (χ1n) is 6.46. The van der Waals surface area contributed by atoms with Gasteiger partial charge in [0.15, 0.2) is 0 Å². The van der Waals surface area contributed by atoms with Gasteiger partial charge in [0.1, 0.15) is 0 Å². The normalized spacial score (nSPS) is 10.6. The van der Waals surface area contributed by atoms with Crippen molar-refractivity contribution in [3.05, 3.63) is 64.7 Å². The summed E-state index contributed by atoms with van der Waals surface area (Å²) in [5, 5.41) is 4.22. The Bertz CT molecular complexity index is 528. The number of hydrogen-bond acceptors (Lipinski definition) is 2. The Morgan fingerprint density at radius 1 is 1.00 bits per heavy atom. The van der Waals surface area contributed by atoms with Gasteiger partial charge in [-0.3, -0.25) is 0 Å². The van der Waals surface area contributed by atoms with Gasteiger partial charge >= 0.3 is 0 Å². The molecule has 0 aliphatic heterocycles. The van der Waals surface area contributed by atoms with Crippen molar-refractivity contribution in [2.45, 2.75) is 24.1 Å². The smallest absolute Gasteiger partial charge is 0.0446 e. The van der Waals surface area contributed by atoms with Gasteiger partial charge in [-0.2, -0.15) is 0 Å². The SMILES string of the molecule is CCNCc1ccccc1SCc1ccccc1Cl. The van der Waals surface area contributed by atoms with Crippen LogP contribution in [-0.4, -0.2) is 6.54 Å². The van der Waals surface area contributed by atoms with Crippen molar-refractivity contribution in [1.82, 2.24) is 5.32 Å². The fraction of sp³-hybridized carbons (Fsp3) is 0.250. The molecule has 0 aliphatic carbocycles. The third kappa shape index (κ3) is 4.27. The van der Waals surface area contributed by atoms with Crippen molar-refractivity contribution >= 4 is 23.4 Å². The monoisotopic (exact) mass is 291 g/mol. The van der Waals surface area contributed by atoms with Crippen LogP contribution in [0.1, 0.15) is 18.1 Å². The van der Waals surface area contributed by atoms with Crippen molar-refractivity contribution in [3.63, 3.8) is 0 Å². The molecule has 3 heteroatoms. The molecule has 2 aromatic rings. The standard InChI is InChI=1S/C16H18ClNS/c1-2-18-11-13-7-4-6-10-16(13)19-12-14-8-3-5-9-15(14)17/h3-10,18H,2,11-12H2,1H3. The molecule has 100 valence electrons. The second-order valence-electron chi connectivity index (χ2n) is 4.27. The van der Waals surface area contributed by atoms with Gasteiger partial charge < -0.3 is 5.32 Å². The molecular weight excluding hydrogens is 274 g/mol. The lowest BCUT2D eigenvalue weighted by molar-refractivity contribution is 0.718. The minimum absolute atomic E-state index is 0.846. The van der Waals surface area contributed by atoms with E-state index in [2.05, 4.69) is 42.6 Å². The van der Waals surface area contributed by atoms with E-state index >= 15 is 0 Å². The molecule has 0 spiro atoms. The quantitative estimate of drug-likeness (QED) is 0.771. The Morgan fingerprint density at radius 2 is 1.68 bits per heavy atom. The Hall–Kier alpha value is -0.960. The summed E-state index contributed by atoms with van der Waals surface area (Å²) in [7, 11) is 0. The van der Waals surface area contributed by atoms with Gasteiger partial charge in [0.2, 0.25) is 0 Å². The van der Waals surface area contributed by atoms with Gasteiger partial charge in [0, 0.05) is 22.2 Å². The van der Waals surface area contributed by atoms with Gasteiger partial charge in [-0.05, 0) is 29.8 Å². The van der Waals surface area contributed by atoms with Crippen molar-refractivity contribution < 1.29 is 0 Å². The highest BCUT2D eigenvalue weighted by Gasteiger charge is 2.04. The van der Waals surface area contributed by atoms with Crippen LogP contribution in [0.3, 0.4) is 0 Å². The maximum Gasteiger partial charge on any atom is 0.0446 e. The van der Waals surface area contributed by atoms with Crippen LogP contribution in [0.5, 0.6) is 0 Å². The number of halogens is 1. The number of rotatable bonds is 6. The summed E-state index contributed by atoms with van der Waals surface area (Å²) in [5.41, 5.74) is 2.54. The van der Waals surface area contributed by atoms with Gasteiger partial charge in [0.25, 0.3) is 0 Å². The van der Waals surface area contributed by atoms with Crippen LogP contribution < -0.4 is 5.32 Å². The Balaban J connectivity index is 2.05. The largest absolute Gasteiger partial charge is 0.313 e. The first-order valence-corrected chi connectivity index (χ1v) is 7.82. The molecule has 0 saturated heterocycles. The maximum atomic E-state index is 6.19. The van der Waals surface area contributed by atoms with Gasteiger partial charge in [-0.1, -0.05) is 54.9 Å². The molecule has 0 saturated carbocycles. The molecular formula is C16H18ClNS. The summed E-state index contributed by atoms with van der Waals surface area (Å²) in [6.07, 6.45) is 0. The summed E-state index contributed by atoms with van der Waals surface area (Å²) in [6.45, 7) is 4.03. The van der Waals surface area contributed by atoms with Crippen LogP contribution in [0.25, 0.3) is 0 Å².